The van der Waals surface area contributed by atoms with E-state index in [1.165, 1.54) is 24.5 Å². The lowest BCUT2D eigenvalue weighted by molar-refractivity contribution is -0.180. The highest BCUT2D eigenvalue weighted by Gasteiger charge is 2.41. The van der Waals surface area contributed by atoms with Gasteiger partial charge >= 0.3 is 5.63 Å². The van der Waals surface area contributed by atoms with Gasteiger partial charge in [0.1, 0.15) is 29.3 Å². The Morgan fingerprint density at radius 2 is 1.70 bits per heavy atom. The molecule has 47 heavy (non-hydrogen) atoms. The van der Waals surface area contributed by atoms with Crippen LogP contribution in [0.4, 0.5) is 0 Å². The first-order valence-corrected chi connectivity index (χ1v) is 17.0. The second-order valence-electron chi connectivity index (χ2n) is 14.4. The Hall–Kier alpha value is -2.53. The van der Waals surface area contributed by atoms with Crippen molar-refractivity contribution in [3.63, 3.8) is 0 Å². The van der Waals surface area contributed by atoms with Gasteiger partial charge in [0.25, 0.3) is 0 Å². The quantitative estimate of drug-likeness (QED) is 0.124. The molecule has 266 valence electrons. The fourth-order valence-electron chi connectivity index (χ4n) is 6.08. The summed E-state index contributed by atoms with van der Waals surface area (Å²) in [6.07, 6.45) is 8.23. The molecular formula is C38H60O9. The summed E-state index contributed by atoms with van der Waals surface area (Å²) < 4.78 is 11.0. The van der Waals surface area contributed by atoms with Crippen LogP contribution in [0.3, 0.4) is 0 Å². The Labute approximate surface area is 281 Å². The Morgan fingerprint density at radius 1 is 1.06 bits per heavy atom. The first-order valence-electron chi connectivity index (χ1n) is 17.0. The molecule has 0 radical (unpaired) electrons. The predicted octanol–water partition coefficient (Wildman–Crippen LogP) is 5.63. The van der Waals surface area contributed by atoms with E-state index < -0.39 is 60.0 Å². The summed E-state index contributed by atoms with van der Waals surface area (Å²) in [5.74, 6) is 0.643. The number of allylic oxidation sites excluding steroid dienone is 6. The zero-order chi connectivity index (χ0) is 35.6. The number of hydrogen-bond donors (Lipinski definition) is 6. The summed E-state index contributed by atoms with van der Waals surface area (Å²) in [5.41, 5.74) is -0.423. The minimum atomic E-state index is -1.51. The molecule has 0 aliphatic carbocycles. The molecule has 0 saturated carbocycles. The highest BCUT2D eigenvalue weighted by atomic mass is 16.5. The van der Waals surface area contributed by atoms with Crippen LogP contribution in [-0.2, 0) is 10.2 Å². The fraction of sp³-hybridized carbons (Fsp3) is 0.658. The van der Waals surface area contributed by atoms with Crippen LogP contribution in [0, 0.1) is 23.7 Å². The maximum atomic E-state index is 13.0. The lowest BCUT2D eigenvalue weighted by Crippen LogP contribution is -2.46. The van der Waals surface area contributed by atoms with Crippen LogP contribution in [-0.4, -0.2) is 67.8 Å². The molecule has 9 nitrogen and oxygen atoms in total. The number of ether oxygens (including phenoxy) is 1. The Kier molecular flexibility index (Phi) is 15.8. The van der Waals surface area contributed by atoms with Gasteiger partial charge in [0, 0.05) is 18.4 Å². The number of hydrogen-bond acceptors (Lipinski definition) is 9. The van der Waals surface area contributed by atoms with Crippen molar-refractivity contribution >= 4 is 0 Å². The molecule has 9 heteroatoms. The van der Waals surface area contributed by atoms with Gasteiger partial charge in [-0.15, -0.1) is 0 Å². The minimum Gasteiger partial charge on any atom is -0.507 e. The summed E-state index contributed by atoms with van der Waals surface area (Å²) in [6, 6.07) is 1.20. The molecule has 0 unspecified atom stereocenters. The van der Waals surface area contributed by atoms with E-state index in [9.17, 15) is 35.4 Å². The molecule has 1 saturated heterocycles. The molecule has 2 heterocycles. The van der Waals surface area contributed by atoms with E-state index in [0.717, 1.165) is 12.0 Å². The van der Waals surface area contributed by atoms with Crippen LogP contribution in [0.25, 0.3) is 0 Å². The Morgan fingerprint density at radius 3 is 2.30 bits per heavy atom. The lowest BCUT2D eigenvalue weighted by Gasteiger charge is -2.36. The molecule has 0 amide bonds. The van der Waals surface area contributed by atoms with Gasteiger partial charge in [0.05, 0.1) is 36.4 Å². The highest BCUT2D eigenvalue weighted by molar-refractivity contribution is 5.36. The second-order valence-corrected chi connectivity index (χ2v) is 14.4. The average molecular weight is 661 g/mol. The number of aromatic hydroxyl groups is 1. The molecule has 0 bridgehead atoms. The van der Waals surface area contributed by atoms with Gasteiger partial charge in [-0.3, -0.25) is 0 Å². The van der Waals surface area contributed by atoms with E-state index in [4.69, 9.17) is 9.15 Å². The van der Waals surface area contributed by atoms with E-state index in [2.05, 4.69) is 45.9 Å². The van der Waals surface area contributed by atoms with Gasteiger partial charge in [0.15, 0.2) is 0 Å². The van der Waals surface area contributed by atoms with E-state index in [1.54, 1.807) is 26.0 Å². The summed E-state index contributed by atoms with van der Waals surface area (Å²) in [5, 5.41) is 62.8. The molecule has 6 N–H and O–H groups in total. The van der Waals surface area contributed by atoms with Crippen LogP contribution < -0.4 is 5.63 Å². The largest absolute Gasteiger partial charge is 0.507 e. The van der Waals surface area contributed by atoms with Crippen molar-refractivity contribution in [1.29, 1.82) is 0 Å². The van der Waals surface area contributed by atoms with E-state index in [0.29, 0.717) is 11.8 Å². The number of rotatable bonds is 16. The molecule has 0 spiro atoms. The van der Waals surface area contributed by atoms with Crippen molar-refractivity contribution in [2.24, 2.45) is 23.7 Å². The van der Waals surface area contributed by atoms with Crippen LogP contribution >= 0.6 is 0 Å². The smallest absolute Gasteiger partial charge is 0.345 e. The zero-order valence-corrected chi connectivity index (χ0v) is 29.8. The summed E-state index contributed by atoms with van der Waals surface area (Å²) in [4.78, 5) is 13.0. The standard InChI is InChI=1S/C38H60O9/c1-10-22(2)16-25(5)17-23(3)12-11-13-26(6)34(43)27(7)18-24(4)14-15-31(42)38(8,9)32-20-29(40)33(37(45)47-32)36-35(44)30(41)19-28(21-39)46-36/h11-12,14-15,17-18,20,22,25-28,30-31,34-36,39-44H,10,13,16,19,21H2,1-9H3/t22-,25+,26-,27-,28+,30+,31-,34-,35-,36+/m0/s1. The number of aliphatic hydroxyl groups excluding tert-OH is 5. The lowest BCUT2D eigenvalue weighted by atomic mass is 9.82. The van der Waals surface area contributed by atoms with Crippen molar-refractivity contribution in [2.75, 3.05) is 6.61 Å². The monoisotopic (exact) mass is 660 g/mol. The van der Waals surface area contributed by atoms with Crippen LogP contribution in [0.15, 0.2) is 62.9 Å². The van der Waals surface area contributed by atoms with E-state index >= 15 is 0 Å². The van der Waals surface area contributed by atoms with E-state index in [-0.39, 0.29) is 29.6 Å². The maximum absolute atomic E-state index is 13.0. The normalized spacial score (nSPS) is 25.6. The molecule has 1 fully saturated rings. The van der Waals surface area contributed by atoms with Crippen molar-refractivity contribution in [2.45, 2.75) is 130 Å². The molecule has 1 aromatic rings. The SMILES string of the molecule is CC[C@H](C)C[C@@H](C)C=C(C)C=CC[C@H](C)[C@H](O)[C@@H](C)C=C(C)C=C[C@H](O)C(C)(C)c1cc(O)c([C@H]2O[C@@H](CO)C[C@@H](O)[C@@H]2O)c(=O)o1. The van der Waals surface area contributed by atoms with Crippen LogP contribution in [0.2, 0.25) is 0 Å². The third-order valence-electron chi connectivity index (χ3n) is 9.47. The molecular weight excluding hydrogens is 600 g/mol. The Bertz CT molecular complexity index is 1310. The van der Waals surface area contributed by atoms with Gasteiger partial charge in [-0.1, -0.05) is 88.6 Å². The first kappa shape index (κ1) is 40.6. The van der Waals surface area contributed by atoms with E-state index in [1.807, 2.05) is 26.8 Å². The third-order valence-corrected chi connectivity index (χ3v) is 9.47. The third kappa shape index (κ3) is 11.5. The maximum Gasteiger partial charge on any atom is 0.345 e. The predicted molar refractivity (Wildman–Crippen MR) is 185 cm³/mol. The van der Waals surface area contributed by atoms with Gasteiger partial charge in [-0.05, 0) is 58.3 Å². The van der Waals surface area contributed by atoms with Crippen molar-refractivity contribution < 1.29 is 39.8 Å². The van der Waals surface area contributed by atoms with Gasteiger partial charge < -0.3 is 39.8 Å². The van der Waals surface area contributed by atoms with Crippen molar-refractivity contribution in [3.8, 4) is 5.75 Å². The molecule has 0 aromatic carbocycles. The fourth-order valence-corrected chi connectivity index (χ4v) is 6.08. The van der Waals surface area contributed by atoms with Crippen LogP contribution in [0.5, 0.6) is 5.75 Å². The first-order chi connectivity index (χ1) is 21.9. The molecule has 1 aliphatic heterocycles. The minimum absolute atomic E-state index is 0.00724. The van der Waals surface area contributed by atoms with Gasteiger partial charge in [-0.25, -0.2) is 4.79 Å². The number of aliphatic hydroxyl groups is 5. The average Bonchev–Trinajstić information content (AvgIpc) is 3.00. The van der Waals surface area contributed by atoms with Crippen molar-refractivity contribution in [3.05, 3.63) is 75.4 Å². The highest BCUT2D eigenvalue weighted by Crippen LogP contribution is 2.37. The van der Waals surface area contributed by atoms with Gasteiger partial charge in [0.2, 0.25) is 0 Å². The topological polar surface area (TPSA) is 161 Å². The van der Waals surface area contributed by atoms with Crippen LogP contribution in [0.1, 0.15) is 105 Å². The zero-order valence-electron chi connectivity index (χ0n) is 29.8. The molecule has 1 aromatic heterocycles. The molecule has 1 aliphatic rings. The van der Waals surface area contributed by atoms with Crippen molar-refractivity contribution in [1.82, 2.24) is 0 Å². The summed E-state index contributed by atoms with van der Waals surface area (Å²) >= 11 is 0. The molecule has 10 atom stereocenters. The second kappa shape index (κ2) is 18.3. The molecule has 2 rings (SSSR count). The Balaban J connectivity index is 2.07. The summed E-state index contributed by atoms with van der Waals surface area (Å²) in [6.45, 7) is 17.6. The van der Waals surface area contributed by atoms with Gasteiger partial charge in [-0.2, -0.15) is 0 Å². The summed E-state index contributed by atoms with van der Waals surface area (Å²) in [7, 11) is 0.